The molecule has 0 bridgehead atoms. The number of benzene rings is 1. The van der Waals surface area contributed by atoms with E-state index >= 15 is 0 Å². The Morgan fingerprint density at radius 1 is 1.24 bits per heavy atom. The molecular formula is C20H31IN4O3S. The molecule has 0 aromatic heterocycles. The van der Waals surface area contributed by atoms with Crippen molar-refractivity contribution in [3.8, 4) is 0 Å². The number of nitrogens with one attached hydrogen (secondary N) is 1. The first kappa shape index (κ1) is 23.9. The van der Waals surface area contributed by atoms with Crippen LogP contribution in [0.4, 0.5) is 5.69 Å². The van der Waals surface area contributed by atoms with Gasteiger partial charge >= 0.3 is 0 Å². The van der Waals surface area contributed by atoms with Gasteiger partial charge in [0, 0.05) is 31.9 Å². The van der Waals surface area contributed by atoms with Crippen molar-refractivity contribution in [2.45, 2.75) is 38.4 Å². The second kappa shape index (κ2) is 9.63. The number of rotatable bonds is 3. The molecule has 7 nitrogen and oxygen atoms in total. The number of amides is 1. The zero-order chi connectivity index (χ0) is 20.4. The fraction of sp³-hybridized carbons (Fsp3) is 0.600. The summed E-state index contributed by atoms with van der Waals surface area (Å²) in [4.78, 5) is 21.2. The number of guanidine groups is 1. The maximum Gasteiger partial charge on any atom is 0.248 e. The Bertz CT molecular complexity index is 870. The highest BCUT2D eigenvalue weighted by atomic mass is 127. The normalized spacial score (nSPS) is 20.4. The predicted octanol–water partition coefficient (Wildman–Crippen LogP) is 2.06. The second-order valence-electron chi connectivity index (χ2n) is 7.95. The lowest BCUT2D eigenvalue weighted by molar-refractivity contribution is -0.117. The van der Waals surface area contributed by atoms with Gasteiger partial charge in [-0.2, -0.15) is 0 Å². The van der Waals surface area contributed by atoms with Crippen LogP contribution >= 0.6 is 24.0 Å². The maximum absolute atomic E-state index is 12.9. The van der Waals surface area contributed by atoms with E-state index in [-0.39, 0.29) is 42.2 Å². The zero-order valence-electron chi connectivity index (χ0n) is 17.3. The fourth-order valence-corrected chi connectivity index (χ4v) is 5.14. The summed E-state index contributed by atoms with van der Waals surface area (Å²) < 4.78 is 23.7. The van der Waals surface area contributed by atoms with Crippen LogP contribution in [0, 0.1) is 0 Å². The number of carbonyl (C=O) groups is 1. The summed E-state index contributed by atoms with van der Waals surface area (Å²) in [6.45, 7) is 7.60. The minimum Gasteiger partial charge on any atom is -0.357 e. The SMILES string of the molecule is CCNC(=NCC(=O)N1CCCc2ccccc21)N1CCS(=O)(=O)C(C)(C)C1.I. The Hall–Kier alpha value is -1.36. The van der Waals surface area contributed by atoms with E-state index in [2.05, 4.69) is 16.4 Å². The van der Waals surface area contributed by atoms with Crippen LogP contribution in [0.15, 0.2) is 29.3 Å². The monoisotopic (exact) mass is 534 g/mol. The van der Waals surface area contributed by atoms with E-state index in [1.54, 1.807) is 13.8 Å². The van der Waals surface area contributed by atoms with Crippen LogP contribution in [-0.4, -0.2) is 68.4 Å². The van der Waals surface area contributed by atoms with Crippen LogP contribution in [0.25, 0.3) is 0 Å². The van der Waals surface area contributed by atoms with Crippen LogP contribution in [0.1, 0.15) is 32.8 Å². The number of nitrogens with zero attached hydrogens (tertiary/aromatic N) is 3. The highest BCUT2D eigenvalue weighted by Crippen LogP contribution is 2.27. The first-order valence-electron chi connectivity index (χ1n) is 9.89. The lowest BCUT2D eigenvalue weighted by atomic mass is 10.0. The minimum absolute atomic E-state index is 0. The highest BCUT2D eigenvalue weighted by molar-refractivity contribution is 14.0. The van der Waals surface area contributed by atoms with Crippen LogP contribution < -0.4 is 10.2 Å². The molecule has 9 heteroatoms. The third kappa shape index (κ3) is 5.22. The summed E-state index contributed by atoms with van der Waals surface area (Å²) in [6, 6.07) is 8.01. The predicted molar refractivity (Wildman–Crippen MR) is 128 cm³/mol. The number of hydrogen-bond donors (Lipinski definition) is 1. The number of para-hydroxylation sites is 1. The Labute approximate surface area is 190 Å². The Morgan fingerprint density at radius 3 is 2.66 bits per heavy atom. The van der Waals surface area contributed by atoms with Crippen molar-refractivity contribution in [2.75, 3.05) is 43.4 Å². The second-order valence-corrected chi connectivity index (χ2v) is 10.7. The molecule has 1 aromatic rings. The van der Waals surface area contributed by atoms with Gasteiger partial charge in [0.05, 0.1) is 10.5 Å². The standard InChI is InChI=1S/C20H30N4O3S.HI/c1-4-21-19(23-12-13-28(26,27)20(2,3)15-23)22-14-18(25)24-11-7-9-16-8-5-6-10-17(16)24;/h5-6,8,10H,4,7,9,11-15H2,1-3H3,(H,21,22);1H. The van der Waals surface area contributed by atoms with Gasteiger partial charge in [0.2, 0.25) is 5.91 Å². The molecular weight excluding hydrogens is 503 g/mol. The highest BCUT2D eigenvalue weighted by Gasteiger charge is 2.41. The van der Waals surface area contributed by atoms with Crippen molar-refractivity contribution in [1.29, 1.82) is 0 Å². The molecule has 2 heterocycles. The molecule has 162 valence electrons. The van der Waals surface area contributed by atoms with Gasteiger partial charge in [-0.15, -0.1) is 24.0 Å². The van der Waals surface area contributed by atoms with E-state index in [1.165, 1.54) is 5.56 Å². The van der Waals surface area contributed by atoms with E-state index in [0.717, 1.165) is 18.5 Å². The van der Waals surface area contributed by atoms with Crippen molar-refractivity contribution in [3.63, 3.8) is 0 Å². The first-order chi connectivity index (χ1) is 13.2. The van der Waals surface area contributed by atoms with Gasteiger partial charge < -0.3 is 15.1 Å². The number of hydrogen-bond acceptors (Lipinski definition) is 4. The van der Waals surface area contributed by atoms with Gasteiger partial charge in [0.25, 0.3) is 0 Å². The number of carbonyl (C=O) groups excluding carboxylic acids is 1. The molecule has 0 spiro atoms. The molecule has 0 aliphatic carbocycles. The van der Waals surface area contributed by atoms with Gasteiger partial charge in [-0.25, -0.2) is 13.4 Å². The van der Waals surface area contributed by atoms with Crippen molar-refractivity contribution < 1.29 is 13.2 Å². The van der Waals surface area contributed by atoms with E-state index < -0.39 is 14.6 Å². The number of aliphatic imine (C=N–C) groups is 1. The fourth-order valence-electron chi connectivity index (χ4n) is 3.77. The summed E-state index contributed by atoms with van der Waals surface area (Å²) in [5, 5.41) is 3.21. The molecule has 0 saturated carbocycles. The Balaban J connectivity index is 0.00000300. The van der Waals surface area contributed by atoms with Gasteiger partial charge in [0.1, 0.15) is 6.54 Å². The molecule has 2 aliphatic rings. The number of aryl methyl sites for hydroxylation is 1. The van der Waals surface area contributed by atoms with Crippen molar-refractivity contribution >= 4 is 51.4 Å². The van der Waals surface area contributed by atoms with Crippen molar-refractivity contribution in [3.05, 3.63) is 29.8 Å². The Kier molecular flexibility index (Phi) is 7.94. The molecule has 0 unspecified atom stereocenters. The molecule has 3 rings (SSSR count). The quantitative estimate of drug-likeness (QED) is 0.365. The van der Waals surface area contributed by atoms with Gasteiger partial charge in [-0.3, -0.25) is 4.79 Å². The summed E-state index contributed by atoms with van der Waals surface area (Å²) in [7, 11) is -3.12. The smallest absolute Gasteiger partial charge is 0.248 e. The molecule has 1 aromatic carbocycles. The summed E-state index contributed by atoms with van der Waals surface area (Å²) in [6.07, 6.45) is 1.94. The van der Waals surface area contributed by atoms with E-state index in [9.17, 15) is 13.2 Å². The largest absolute Gasteiger partial charge is 0.357 e. The molecule has 1 fully saturated rings. The minimum atomic E-state index is -3.12. The maximum atomic E-state index is 12.9. The van der Waals surface area contributed by atoms with E-state index in [0.29, 0.717) is 32.1 Å². The van der Waals surface area contributed by atoms with E-state index in [1.807, 2.05) is 34.9 Å². The first-order valence-corrected chi connectivity index (χ1v) is 11.5. The van der Waals surface area contributed by atoms with Gasteiger partial charge in [-0.1, -0.05) is 18.2 Å². The van der Waals surface area contributed by atoms with Gasteiger partial charge in [-0.05, 0) is 45.2 Å². The molecule has 2 aliphatic heterocycles. The zero-order valence-corrected chi connectivity index (χ0v) is 20.5. The third-order valence-electron chi connectivity index (χ3n) is 5.45. The van der Waals surface area contributed by atoms with Crippen LogP contribution in [0.2, 0.25) is 0 Å². The number of fused-ring (bicyclic) bond motifs is 1. The molecule has 1 N–H and O–H groups in total. The van der Waals surface area contributed by atoms with E-state index in [4.69, 9.17) is 0 Å². The lowest BCUT2D eigenvalue weighted by Gasteiger charge is -2.39. The average molecular weight is 534 g/mol. The molecule has 1 amide bonds. The Morgan fingerprint density at radius 2 is 1.97 bits per heavy atom. The molecule has 29 heavy (non-hydrogen) atoms. The summed E-state index contributed by atoms with van der Waals surface area (Å²) in [5.74, 6) is 0.660. The third-order valence-corrected chi connectivity index (χ3v) is 7.99. The lowest BCUT2D eigenvalue weighted by Crippen LogP contribution is -2.57. The number of sulfone groups is 1. The topological polar surface area (TPSA) is 82.1 Å². The molecule has 0 radical (unpaired) electrons. The van der Waals surface area contributed by atoms with Gasteiger partial charge in [0.15, 0.2) is 15.8 Å². The van der Waals surface area contributed by atoms with Crippen LogP contribution in [0.5, 0.6) is 0 Å². The van der Waals surface area contributed by atoms with Crippen LogP contribution in [-0.2, 0) is 21.1 Å². The average Bonchev–Trinajstić information content (AvgIpc) is 2.66. The van der Waals surface area contributed by atoms with Crippen LogP contribution in [0.3, 0.4) is 0 Å². The number of anilines is 1. The van der Waals surface area contributed by atoms with Crippen molar-refractivity contribution in [1.82, 2.24) is 10.2 Å². The summed E-state index contributed by atoms with van der Waals surface area (Å²) in [5.41, 5.74) is 2.17. The van der Waals surface area contributed by atoms with Crippen molar-refractivity contribution in [2.24, 2.45) is 4.99 Å². The molecule has 0 atom stereocenters. The number of halogens is 1. The molecule has 1 saturated heterocycles. The summed E-state index contributed by atoms with van der Waals surface area (Å²) >= 11 is 0.